The second kappa shape index (κ2) is 5.62. The smallest absolute Gasteiger partial charge is 0.407 e. The fourth-order valence-corrected chi connectivity index (χ4v) is 0.856. The molecule has 0 aromatic heterocycles. The van der Waals surface area contributed by atoms with E-state index in [0.717, 1.165) is 0 Å². The first kappa shape index (κ1) is 12.9. The molecule has 0 saturated carbocycles. The van der Waals surface area contributed by atoms with E-state index in [9.17, 15) is 4.79 Å². The summed E-state index contributed by atoms with van der Waals surface area (Å²) >= 11 is 0. The minimum atomic E-state index is -0.450. The number of carbonyl (C=O) groups is 1. The summed E-state index contributed by atoms with van der Waals surface area (Å²) in [4.78, 5) is 11.2. The summed E-state index contributed by atoms with van der Waals surface area (Å²) in [6.45, 7) is 8.00. The molecule has 0 radical (unpaired) electrons. The molecule has 0 saturated heterocycles. The fraction of sp³-hybridized carbons (Fsp3) is 0.800. The van der Waals surface area contributed by atoms with Crippen LogP contribution in [0.1, 0.15) is 34.1 Å². The number of hydrogen-bond donors (Lipinski definition) is 2. The van der Waals surface area contributed by atoms with E-state index in [1.54, 1.807) is 0 Å². The fourth-order valence-electron chi connectivity index (χ4n) is 0.856. The molecule has 4 heteroatoms. The molecule has 0 fully saturated rings. The highest BCUT2D eigenvalue weighted by molar-refractivity contribution is 5.67. The standard InChI is InChI=1S/C10H20N2O2/c1-8(5-6-11)7-12-9(13)14-10(2,3)4/h6,8,11H,5,7H2,1-4H3,(H,12,13)/t8-/m1/s1. The van der Waals surface area contributed by atoms with Gasteiger partial charge in [0.25, 0.3) is 0 Å². The average Bonchev–Trinajstić information content (AvgIpc) is 1.98. The maximum absolute atomic E-state index is 11.2. The molecule has 1 atom stereocenters. The molecule has 1 amide bonds. The Hall–Kier alpha value is -1.06. The van der Waals surface area contributed by atoms with Gasteiger partial charge in [-0.2, -0.15) is 0 Å². The van der Waals surface area contributed by atoms with Crippen LogP contribution in [0.4, 0.5) is 4.79 Å². The molecule has 0 rings (SSSR count). The molecule has 0 aliphatic rings. The summed E-state index contributed by atoms with van der Waals surface area (Å²) in [5, 5.41) is 9.55. The SMILES string of the molecule is C[C@H](CC=N)CNC(=O)OC(C)(C)C. The third-order valence-corrected chi connectivity index (χ3v) is 1.51. The van der Waals surface area contributed by atoms with Gasteiger partial charge in [0.05, 0.1) is 0 Å². The molecule has 0 heterocycles. The van der Waals surface area contributed by atoms with Gasteiger partial charge in [0, 0.05) is 6.54 Å². The summed E-state index contributed by atoms with van der Waals surface area (Å²) in [5.41, 5.74) is -0.450. The normalized spacial score (nSPS) is 13.1. The van der Waals surface area contributed by atoms with Crippen molar-refractivity contribution in [2.45, 2.75) is 39.7 Å². The van der Waals surface area contributed by atoms with E-state index < -0.39 is 11.7 Å². The highest BCUT2D eigenvalue weighted by Crippen LogP contribution is 2.06. The molecule has 0 aromatic carbocycles. The molecular formula is C10H20N2O2. The predicted octanol–water partition coefficient (Wildman–Crippen LogP) is 2.19. The van der Waals surface area contributed by atoms with Crippen molar-refractivity contribution in [3.63, 3.8) is 0 Å². The first-order chi connectivity index (χ1) is 6.35. The van der Waals surface area contributed by atoms with E-state index in [-0.39, 0.29) is 5.92 Å². The van der Waals surface area contributed by atoms with Crippen LogP contribution in [0.15, 0.2) is 0 Å². The molecule has 0 spiro atoms. The number of carbonyl (C=O) groups excluding carboxylic acids is 1. The zero-order valence-corrected chi connectivity index (χ0v) is 9.39. The lowest BCUT2D eigenvalue weighted by Crippen LogP contribution is -2.34. The molecular weight excluding hydrogens is 180 g/mol. The van der Waals surface area contributed by atoms with Crippen LogP contribution in [-0.4, -0.2) is 24.5 Å². The zero-order valence-electron chi connectivity index (χ0n) is 9.39. The van der Waals surface area contributed by atoms with Crippen LogP contribution in [0, 0.1) is 11.3 Å². The van der Waals surface area contributed by atoms with Crippen molar-refractivity contribution in [3.8, 4) is 0 Å². The summed E-state index contributed by atoms with van der Waals surface area (Å²) in [6, 6.07) is 0. The lowest BCUT2D eigenvalue weighted by Gasteiger charge is -2.20. The van der Waals surface area contributed by atoms with E-state index in [4.69, 9.17) is 10.1 Å². The number of alkyl carbamates (subject to hydrolysis) is 1. The van der Waals surface area contributed by atoms with Crippen molar-refractivity contribution < 1.29 is 9.53 Å². The van der Waals surface area contributed by atoms with Crippen LogP contribution in [0.2, 0.25) is 0 Å². The third kappa shape index (κ3) is 7.58. The zero-order chi connectivity index (χ0) is 11.2. The van der Waals surface area contributed by atoms with Gasteiger partial charge in [0.2, 0.25) is 0 Å². The number of ether oxygens (including phenoxy) is 1. The Labute approximate surface area is 85.5 Å². The first-order valence-electron chi connectivity index (χ1n) is 4.81. The van der Waals surface area contributed by atoms with E-state index >= 15 is 0 Å². The topological polar surface area (TPSA) is 62.2 Å². The highest BCUT2D eigenvalue weighted by Gasteiger charge is 2.15. The van der Waals surface area contributed by atoms with Crippen LogP contribution in [0.25, 0.3) is 0 Å². The van der Waals surface area contributed by atoms with Crippen molar-refractivity contribution in [3.05, 3.63) is 0 Å². The van der Waals surface area contributed by atoms with Gasteiger partial charge in [-0.15, -0.1) is 0 Å². The highest BCUT2D eigenvalue weighted by atomic mass is 16.6. The van der Waals surface area contributed by atoms with Gasteiger partial charge in [-0.1, -0.05) is 6.92 Å². The average molecular weight is 200 g/mol. The minimum absolute atomic E-state index is 0.278. The van der Waals surface area contributed by atoms with E-state index in [1.807, 2.05) is 27.7 Å². The summed E-state index contributed by atoms with van der Waals surface area (Å²) in [5.74, 6) is 0.278. The summed E-state index contributed by atoms with van der Waals surface area (Å²) in [7, 11) is 0. The first-order valence-corrected chi connectivity index (χ1v) is 4.81. The molecule has 0 aliphatic heterocycles. The number of rotatable bonds is 4. The van der Waals surface area contributed by atoms with Crippen LogP contribution in [0.3, 0.4) is 0 Å². The monoisotopic (exact) mass is 200 g/mol. The molecule has 0 aliphatic carbocycles. The van der Waals surface area contributed by atoms with Crippen LogP contribution >= 0.6 is 0 Å². The van der Waals surface area contributed by atoms with Gasteiger partial charge < -0.3 is 15.5 Å². The van der Waals surface area contributed by atoms with Crippen molar-refractivity contribution >= 4 is 12.3 Å². The second-order valence-electron chi connectivity index (χ2n) is 4.43. The van der Waals surface area contributed by atoms with Gasteiger partial charge in [-0.3, -0.25) is 0 Å². The Balaban J connectivity index is 3.69. The maximum Gasteiger partial charge on any atom is 0.407 e. The number of amides is 1. The largest absolute Gasteiger partial charge is 0.444 e. The Morgan fingerprint density at radius 3 is 2.57 bits per heavy atom. The molecule has 0 bridgehead atoms. The van der Waals surface area contributed by atoms with E-state index in [2.05, 4.69) is 5.32 Å². The van der Waals surface area contributed by atoms with E-state index in [1.165, 1.54) is 6.21 Å². The molecule has 4 nitrogen and oxygen atoms in total. The van der Waals surface area contributed by atoms with Gasteiger partial charge in [-0.05, 0) is 39.3 Å². The maximum atomic E-state index is 11.2. The number of nitrogens with one attached hydrogen (secondary N) is 2. The Bertz CT molecular complexity index is 197. The van der Waals surface area contributed by atoms with Gasteiger partial charge in [0.1, 0.15) is 5.60 Å². The molecule has 2 N–H and O–H groups in total. The molecule has 14 heavy (non-hydrogen) atoms. The van der Waals surface area contributed by atoms with Gasteiger partial charge in [-0.25, -0.2) is 4.79 Å². The minimum Gasteiger partial charge on any atom is -0.444 e. The van der Waals surface area contributed by atoms with E-state index in [0.29, 0.717) is 13.0 Å². The van der Waals surface area contributed by atoms with Crippen molar-refractivity contribution in [2.24, 2.45) is 5.92 Å². The lowest BCUT2D eigenvalue weighted by atomic mass is 10.1. The Morgan fingerprint density at radius 2 is 2.14 bits per heavy atom. The summed E-state index contributed by atoms with van der Waals surface area (Å²) < 4.78 is 5.06. The van der Waals surface area contributed by atoms with Crippen LogP contribution in [0.5, 0.6) is 0 Å². The Morgan fingerprint density at radius 1 is 1.57 bits per heavy atom. The van der Waals surface area contributed by atoms with Crippen LogP contribution in [-0.2, 0) is 4.74 Å². The van der Waals surface area contributed by atoms with Crippen molar-refractivity contribution in [2.75, 3.05) is 6.54 Å². The van der Waals surface area contributed by atoms with Crippen molar-refractivity contribution in [1.82, 2.24) is 5.32 Å². The number of hydrogen-bond acceptors (Lipinski definition) is 3. The van der Waals surface area contributed by atoms with Gasteiger partial charge in [0.15, 0.2) is 0 Å². The summed E-state index contributed by atoms with van der Waals surface area (Å²) in [6.07, 6.45) is 1.63. The Kier molecular flexibility index (Phi) is 5.20. The van der Waals surface area contributed by atoms with Gasteiger partial charge >= 0.3 is 6.09 Å². The second-order valence-corrected chi connectivity index (χ2v) is 4.43. The predicted molar refractivity (Wildman–Crippen MR) is 56.8 cm³/mol. The molecule has 82 valence electrons. The van der Waals surface area contributed by atoms with Crippen molar-refractivity contribution in [1.29, 1.82) is 5.41 Å². The quantitative estimate of drug-likeness (QED) is 0.683. The van der Waals surface area contributed by atoms with Crippen LogP contribution < -0.4 is 5.32 Å². The molecule has 0 aromatic rings. The third-order valence-electron chi connectivity index (χ3n) is 1.51. The lowest BCUT2D eigenvalue weighted by molar-refractivity contribution is 0.0521. The molecule has 0 unspecified atom stereocenters.